The fraction of sp³-hybridized carbons (Fsp3) is 0.286. The van der Waals surface area contributed by atoms with E-state index in [0.717, 1.165) is 0 Å². The summed E-state index contributed by atoms with van der Waals surface area (Å²) in [6.45, 7) is 1.20. The molecule has 0 spiro atoms. The van der Waals surface area contributed by atoms with Crippen LogP contribution in [0.25, 0.3) is 0 Å². The molecule has 1 aromatic heterocycles. The summed E-state index contributed by atoms with van der Waals surface area (Å²) in [5, 5.41) is 0.259. The molecule has 9 heteroatoms. The largest absolute Gasteiger partial charge is 0.476 e. The van der Waals surface area contributed by atoms with Gasteiger partial charge < -0.3 is 4.74 Å². The number of halogens is 2. The van der Waals surface area contributed by atoms with Crippen molar-refractivity contribution in [3.8, 4) is 5.88 Å². The third kappa shape index (κ3) is 3.65. The molecule has 122 valence electrons. The second-order valence-corrected chi connectivity index (χ2v) is 8.26. The van der Waals surface area contributed by atoms with Crippen molar-refractivity contribution in [2.75, 3.05) is 19.7 Å². The van der Waals surface area contributed by atoms with Gasteiger partial charge in [-0.1, -0.05) is 23.7 Å². The van der Waals surface area contributed by atoms with Gasteiger partial charge in [0.25, 0.3) is 0 Å². The van der Waals surface area contributed by atoms with Crippen LogP contribution in [-0.2, 0) is 10.0 Å². The molecule has 0 saturated carbocycles. The number of hydrogen-bond donors (Lipinski definition) is 0. The quantitative estimate of drug-likeness (QED) is 0.746. The molecule has 1 aromatic carbocycles. The van der Waals surface area contributed by atoms with E-state index in [1.165, 1.54) is 16.7 Å². The van der Waals surface area contributed by atoms with E-state index >= 15 is 0 Å². The first-order valence-corrected chi connectivity index (χ1v) is 9.43. The van der Waals surface area contributed by atoms with Crippen molar-refractivity contribution in [3.05, 3.63) is 46.3 Å². The summed E-state index contributed by atoms with van der Waals surface area (Å²) in [6.07, 6.45) is 2.89. The molecule has 1 aliphatic rings. The molecule has 1 saturated heterocycles. The molecule has 0 N–H and O–H groups in total. The van der Waals surface area contributed by atoms with Gasteiger partial charge in [-0.15, -0.1) is 0 Å². The van der Waals surface area contributed by atoms with Gasteiger partial charge in [0.15, 0.2) is 5.15 Å². The van der Waals surface area contributed by atoms with Crippen molar-refractivity contribution in [1.29, 1.82) is 0 Å². The lowest BCUT2D eigenvalue weighted by atomic mass is 10.1. The molecule has 1 aliphatic heterocycles. The SMILES string of the molecule is O=S(=O)(c1ccccc1Br)N1CC(COc2cncc(Cl)n2)C1. The lowest BCUT2D eigenvalue weighted by Crippen LogP contribution is -2.51. The minimum atomic E-state index is -3.47. The van der Waals surface area contributed by atoms with E-state index in [0.29, 0.717) is 30.0 Å². The monoisotopic (exact) mass is 417 g/mol. The zero-order valence-corrected chi connectivity index (χ0v) is 15.1. The topological polar surface area (TPSA) is 72.4 Å². The minimum Gasteiger partial charge on any atom is -0.476 e. The van der Waals surface area contributed by atoms with Gasteiger partial charge in [0.05, 0.1) is 23.9 Å². The van der Waals surface area contributed by atoms with Crippen molar-refractivity contribution in [1.82, 2.24) is 14.3 Å². The zero-order chi connectivity index (χ0) is 16.4. The van der Waals surface area contributed by atoms with E-state index in [1.54, 1.807) is 24.3 Å². The summed E-state index contributed by atoms with van der Waals surface area (Å²) in [4.78, 5) is 8.13. The first-order valence-electron chi connectivity index (χ1n) is 6.82. The summed E-state index contributed by atoms with van der Waals surface area (Å²) < 4.78 is 32.5. The predicted octanol–water partition coefficient (Wildman–Crippen LogP) is 2.59. The van der Waals surface area contributed by atoms with Gasteiger partial charge in [-0.25, -0.2) is 8.42 Å². The van der Waals surface area contributed by atoms with Crippen LogP contribution < -0.4 is 4.74 Å². The van der Waals surface area contributed by atoms with Crippen molar-refractivity contribution < 1.29 is 13.2 Å². The predicted molar refractivity (Wildman–Crippen MR) is 88.9 cm³/mol. The number of rotatable bonds is 5. The fourth-order valence-electron chi connectivity index (χ4n) is 2.22. The minimum absolute atomic E-state index is 0.119. The van der Waals surface area contributed by atoms with Crippen LogP contribution in [0, 0.1) is 5.92 Å². The fourth-order valence-corrected chi connectivity index (χ4v) is 4.91. The van der Waals surface area contributed by atoms with E-state index in [-0.39, 0.29) is 16.0 Å². The normalized spacial score (nSPS) is 16.1. The first-order chi connectivity index (χ1) is 11.0. The maximum Gasteiger partial charge on any atom is 0.244 e. The van der Waals surface area contributed by atoms with Crippen LogP contribution in [0.4, 0.5) is 0 Å². The van der Waals surface area contributed by atoms with Crippen LogP contribution in [0.5, 0.6) is 5.88 Å². The zero-order valence-electron chi connectivity index (χ0n) is 11.9. The molecule has 0 aliphatic carbocycles. The number of aromatic nitrogens is 2. The highest BCUT2D eigenvalue weighted by Gasteiger charge is 2.37. The lowest BCUT2D eigenvalue weighted by Gasteiger charge is -2.37. The Bertz CT molecular complexity index is 812. The molecule has 0 unspecified atom stereocenters. The Morgan fingerprint density at radius 1 is 1.30 bits per heavy atom. The highest BCUT2D eigenvalue weighted by Crippen LogP contribution is 2.29. The van der Waals surface area contributed by atoms with Crippen molar-refractivity contribution in [2.45, 2.75) is 4.90 Å². The third-order valence-electron chi connectivity index (χ3n) is 3.43. The van der Waals surface area contributed by atoms with E-state index in [4.69, 9.17) is 16.3 Å². The summed E-state index contributed by atoms with van der Waals surface area (Å²) in [5.74, 6) is 0.456. The Kier molecular flexibility index (Phi) is 4.86. The molecule has 2 aromatic rings. The Morgan fingerprint density at radius 2 is 2.04 bits per heavy atom. The molecule has 23 heavy (non-hydrogen) atoms. The van der Waals surface area contributed by atoms with Crippen molar-refractivity contribution >= 4 is 37.6 Å². The summed E-state index contributed by atoms with van der Waals surface area (Å²) in [5.41, 5.74) is 0. The standard InChI is InChI=1S/C14H13BrClN3O3S/c15-11-3-1-2-4-12(11)23(20,21)19-7-10(8-19)9-22-14-6-17-5-13(16)18-14/h1-6,10H,7-9H2. The second-order valence-electron chi connectivity index (χ2n) is 5.11. The number of ether oxygens (including phenoxy) is 1. The molecule has 2 heterocycles. The van der Waals surface area contributed by atoms with Crippen LogP contribution in [0.15, 0.2) is 46.0 Å². The summed E-state index contributed by atoms with van der Waals surface area (Å²) in [6, 6.07) is 6.79. The highest BCUT2D eigenvalue weighted by molar-refractivity contribution is 9.10. The highest BCUT2D eigenvalue weighted by atomic mass is 79.9. The smallest absolute Gasteiger partial charge is 0.244 e. The maximum atomic E-state index is 12.5. The molecular weight excluding hydrogens is 406 g/mol. The molecule has 0 amide bonds. The number of nitrogens with zero attached hydrogens (tertiary/aromatic N) is 3. The van der Waals surface area contributed by atoms with Gasteiger partial charge in [0.2, 0.25) is 15.9 Å². The third-order valence-corrected chi connectivity index (χ3v) is 6.45. The van der Waals surface area contributed by atoms with Gasteiger partial charge >= 0.3 is 0 Å². The average Bonchev–Trinajstić information content (AvgIpc) is 2.45. The van der Waals surface area contributed by atoms with E-state index in [1.807, 2.05) is 0 Å². The Morgan fingerprint density at radius 3 is 2.74 bits per heavy atom. The first kappa shape index (κ1) is 16.6. The maximum absolute atomic E-state index is 12.5. The molecule has 1 fully saturated rings. The van der Waals surface area contributed by atoms with Crippen molar-refractivity contribution in [2.24, 2.45) is 5.92 Å². The second kappa shape index (κ2) is 6.72. The Balaban J connectivity index is 1.58. The van der Waals surface area contributed by atoms with Gasteiger partial charge in [-0.3, -0.25) is 4.98 Å². The van der Waals surface area contributed by atoms with Crippen LogP contribution in [0.1, 0.15) is 0 Å². The lowest BCUT2D eigenvalue weighted by molar-refractivity contribution is 0.126. The molecule has 0 bridgehead atoms. The average molecular weight is 419 g/mol. The number of benzene rings is 1. The van der Waals surface area contributed by atoms with Gasteiger partial charge in [0.1, 0.15) is 0 Å². The Hall–Kier alpha value is -1.22. The molecule has 6 nitrogen and oxygen atoms in total. The number of hydrogen-bond acceptors (Lipinski definition) is 5. The molecular formula is C14H13BrClN3O3S. The van der Waals surface area contributed by atoms with Crippen LogP contribution >= 0.6 is 27.5 Å². The van der Waals surface area contributed by atoms with E-state index in [9.17, 15) is 8.42 Å². The summed E-state index contributed by atoms with van der Waals surface area (Å²) in [7, 11) is -3.47. The van der Waals surface area contributed by atoms with Gasteiger partial charge in [-0.2, -0.15) is 9.29 Å². The van der Waals surface area contributed by atoms with Crippen LogP contribution in [0.3, 0.4) is 0 Å². The molecule has 3 rings (SSSR count). The van der Waals surface area contributed by atoms with Gasteiger partial charge in [-0.05, 0) is 28.1 Å². The van der Waals surface area contributed by atoms with Crippen LogP contribution in [-0.4, -0.2) is 42.4 Å². The molecule has 0 radical (unpaired) electrons. The molecule has 0 atom stereocenters. The van der Waals surface area contributed by atoms with Crippen LogP contribution in [0.2, 0.25) is 5.15 Å². The van der Waals surface area contributed by atoms with Crippen molar-refractivity contribution in [3.63, 3.8) is 0 Å². The number of sulfonamides is 1. The Labute approximate surface area is 147 Å². The summed E-state index contributed by atoms with van der Waals surface area (Å²) >= 11 is 9.01. The van der Waals surface area contributed by atoms with Gasteiger partial charge in [0, 0.05) is 23.5 Å². The van der Waals surface area contributed by atoms with E-state index < -0.39 is 10.0 Å². The van der Waals surface area contributed by atoms with E-state index in [2.05, 4.69) is 25.9 Å².